The van der Waals surface area contributed by atoms with Gasteiger partial charge in [-0.1, -0.05) is 172 Å². The molecule has 1 heterocycles. The van der Waals surface area contributed by atoms with Crippen molar-refractivity contribution in [2.24, 2.45) is 0 Å². The number of fused-ring (bicyclic) bond motifs is 8. The molecule has 0 atom stereocenters. The summed E-state index contributed by atoms with van der Waals surface area (Å²) in [7, 11) is 0. The van der Waals surface area contributed by atoms with E-state index in [1.54, 1.807) is 0 Å². The predicted molar refractivity (Wildman–Crippen MR) is 246 cm³/mol. The predicted octanol–water partition coefficient (Wildman–Crippen LogP) is 15.9. The second-order valence-corrected chi connectivity index (χ2v) is 16.1. The van der Waals surface area contributed by atoms with E-state index in [1.807, 2.05) is 0 Å². The highest BCUT2D eigenvalue weighted by atomic mass is 16.5. The molecule has 0 N–H and O–H groups in total. The summed E-state index contributed by atoms with van der Waals surface area (Å²) in [5.41, 5.74) is 19.9. The van der Waals surface area contributed by atoms with Gasteiger partial charge in [0.05, 0.1) is 0 Å². The third-order valence-corrected chi connectivity index (χ3v) is 12.3. The Bertz CT molecular complexity index is 3050. The number of hydrogen-bond acceptors (Lipinski definition) is 2. The highest BCUT2D eigenvalue weighted by Gasteiger charge is 2.36. The highest BCUT2D eigenvalue weighted by molar-refractivity contribution is 6.00. The summed E-state index contributed by atoms with van der Waals surface area (Å²) in [5, 5.41) is 0. The lowest BCUT2D eigenvalue weighted by atomic mass is 9.82. The molecule has 0 unspecified atom stereocenters. The molecule has 280 valence electrons. The van der Waals surface area contributed by atoms with Crippen LogP contribution in [0.15, 0.2) is 212 Å². The molecule has 1 aliphatic carbocycles. The van der Waals surface area contributed by atoms with Crippen molar-refractivity contribution in [2.45, 2.75) is 19.3 Å². The first-order chi connectivity index (χ1) is 29.0. The normalized spacial score (nSPS) is 12.8. The van der Waals surface area contributed by atoms with Crippen molar-refractivity contribution >= 4 is 17.1 Å². The van der Waals surface area contributed by atoms with Gasteiger partial charge in [0.15, 0.2) is 0 Å². The van der Waals surface area contributed by atoms with Gasteiger partial charge in [-0.05, 0) is 110 Å². The third-order valence-electron chi connectivity index (χ3n) is 12.3. The van der Waals surface area contributed by atoms with Crippen LogP contribution in [0, 0.1) is 0 Å². The summed E-state index contributed by atoms with van der Waals surface area (Å²) in [6.45, 7) is 4.69. The van der Waals surface area contributed by atoms with Crippen LogP contribution in [-0.4, -0.2) is 0 Å². The monoisotopic (exact) mass is 755 g/mol. The first kappa shape index (κ1) is 34.8. The van der Waals surface area contributed by atoms with E-state index >= 15 is 0 Å². The quantitative estimate of drug-likeness (QED) is 0.168. The van der Waals surface area contributed by atoms with E-state index in [4.69, 9.17) is 4.74 Å². The minimum atomic E-state index is -0.141. The fraction of sp³-hybridized carbons (Fsp3) is 0.0526. The van der Waals surface area contributed by atoms with E-state index in [-0.39, 0.29) is 5.41 Å². The van der Waals surface area contributed by atoms with Gasteiger partial charge < -0.3 is 9.64 Å². The van der Waals surface area contributed by atoms with E-state index in [0.29, 0.717) is 0 Å². The molecule has 11 rings (SSSR count). The summed E-state index contributed by atoms with van der Waals surface area (Å²) in [6, 6.07) is 76.7. The smallest absolute Gasteiger partial charge is 0.137 e. The second kappa shape index (κ2) is 13.9. The lowest BCUT2D eigenvalue weighted by Gasteiger charge is -2.29. The van der Waals surface area contributed by atoms with Gasteiger partial charge in [-0.2, -0.15) is 0 Å². The fourth-order valence-electron chi connectivity index (χ4n) is 9.38. The Morgan fingerprint density at radius 1 is 0.322 bits per heavy atom. The average Bonchev–Trinajstić information content (AvgIpc) is 3.42. The van der Waals surface area contributed by atoms with Crippen molar-refractivity contribution < 1.29 is 4.74 Å². The van der Waals surface area contributed by atoms with Gasteiger partial charge in [-0.25, -0.2) is 0 Å². The number of ether oxygens (including phenoxy) is 1. The Morgan fingerprint density at radius 3 is 1.63 bits per heavy atom. The summed E-state index contributed by atoms with van der Waals surface area (Å²) in [5.74, 6) is 1.66. The van der Waals surface area contributed by atoms with E-state index < -0.39 is 0 Å². The molecule has 0 spiro atoms. The van der Waals surface area contributed by atoms with E-state index in [0.717, 1.165) is 45.3 Å². The molecule has 0 fully saturated rings. The first-order valence-electron chi connectivity index (χ1n) is 20.4. The number of hydrogen-bond donors (Lipinski definition) is 0. The van der Waals surface area contributed by atoms with Crippen LogP contribution in [0.5, 0.6) is 11.5 Å². The molecule has 0 amide bonds. The van der Waals surface area contributed by atoms with Crippen LogP contribution >= 0.6 is 0 Å². The largest absolute Gasteiger partial charge is 0.456 e. The summed E-state index contributed by atoms with van der Waals surface area (Å²) in [6.07, 6.45) is 0. The molecule has 2 heteroatoms. The third kappa shape index (κ3) is 5.87. The standard InChI is InChI=1S/C57H41NO/c1-57(2)52-28-11-9-24-47(52)48-32-30-44(36-53(48)57)58(43-23-14-21-41(35-43)39-18-7-4-8-19-39)45-31-33-51-55(37-45)59-54-29-12-10-25-49(54)50-27-15-26-46(56(50)51)42-22-13-20-40(34-42)38-16-5-3-6-17-38/h3-37H,1-2H3. The van der Waals surface area contributed by atoms with E-state index in [2.05, 4.69) is 231 Å². The molecule has 0 aromatic heterocycles. The topological polar surface area (TPSA) is 12.5 Å². The summed E-state index contributed by atoms with van der Waals surface area (Å²) in [4.78, 5) is 2.39. The maximum Gasteiger partial charge on any atom is 0.137 e. The Balaban J connectivity index is 1.11. The average molecular weight is 756 g/mol. The van der Waals surface area contributed by atoms with Crippen LogP contribution in [0.2, 0.25) is 0 Å². The van der Waals surface area contributed by atoms with Gasteiger partial charge in [0.1, 0.15) is 11.5 Å². The molecule has 2 aliphatic rings. The van der Waals surface area contributed by atoms with Crippen LogP contribution in [0.1, 0.15) is 25.0 Å². The molecule has 0 saturated carbocycles. The number of benzene rings is 9. The van der Waals surface area contributed by atoms with Crippen molar-refractivity contribution in [3.63, 3.8) is 0 Å². The van der Waals surface area contributed by atoms with Gasteiger partial charge in [0.25, 0.3) is 0 Å². The molecule has 59 heavy (non-hydrogen) atoms. The van der Waals surface area contributed by atoms with Gasteiger partial charge in [-0.3, -0.25) is 0 Å². The van der Waals surface area contributed by atoms with Gasteiger partial charge in [0.2, 0.25) is 0 Å². The lowest BCUT2D eigenvalue weighted by molar-refractivity contribution is 0.488. The summed E-state index contributed by atoms with van der Waals surface area (Å²) < 4.78 is 7.05. The van der Waals surface area contributed by atoms with Crippen LogP contribution in [-0.2, 0) is 5.41 Å². The number of para-hydroxylation sites is 1. The summed E-state index contributed by atoms with van der Waals surface area (Å²) >= 11 is 0. The molecule has 0 bridgehead atoms. The van der Waals surface area contributed by atoms with Crippen molar-refractivity contribution in [1.29, 1.82) is 0 Å². The Morgan fingerprint density at radius 2 is 0.847 bits per heavy atom. The van der Waals surface area contributed by atoms with Crippen LogP contribution in [0.25, 0.3) is 66.8 Å². The SMILES string of the molecule is CC1(C)c2ccccc2-c2ccc(N(c3cccc(-c4ccccc4)c3)c3ccc4c(c3)Oc3ccccc3-c3cccc(-c5cccc(-c6ccccc6)c5)c3-4)cc21. The maximum atomic E-state index is 7.05. The lowest BCUT2D eigenvalue weighted by Crippen LogP contribution is -2.16. The Hall–Kier alpha value is -7.42. The van der Waals surface area contributed by atoms with Crippen molar-refractivity contribution in [1.82, 2.24) is 0 Å². The fourth-order valence-corrected chi connectivity index (χ4v) is 9.38. The number of rotatable bonds is 6. The molecule has 0 saturated heterocycles. The zero-order valence-electron chi connectivity index (χ0n) is 33.1. The molecule has 9 aromatic rings. The van der Waals surface area contributed by atoms with Crippen LogP contribution in [0.3, 0.4) is 0 Å². The second-order valence-electron chi connectivity index (χ2n) is 16.1. The van der Waals surface area contributed by atoms with E-state index in [1.165, 1.54) is 61.2 Å². The van der Waals surface area contributed by atoms with Crippen molar-refractivity contribution in [3.8, 4) is 78.3 Å². The first-order valence-corrected chi connectivity index (χ1v) is 20.4. The molecule has 1 aliphatic heterocycles. The van der Waals surface area contributed by atoms with Crippen LogP contribution in [0.4, 0.5) is 17.1 Å². The van der Waals surface area contributed by atoms with Gasteiger partial charge >= 0.3 is 0 Å². The van der Waals surface area contributed by atoms with E-state index in [9.17, 15) is 0 Å². The zero-order valence-corrected chi connectivity index (χ0v) is 33.1. The van der Waals surface area contributed by atoms with Crippen molar-refractivity contribution in [3.05, 3.63) is 223 Å². The number of nitrogens with zero attached hydrogens (tertiary/aromatic N) is 1. The molecule has 9 aromatic carbocycles. The minimum Gasteiger partial charge on any atom is -0.456 e. The molecular formula is C57H41NO. The minimum absolute atomic E-state index is 0.141. The Labute approximate surface area is 346 Å². The van der Waals surface area contributed by atoms with Crippen molar-refractivity contribution in [2.75, 3.05) is 4.90 Å². The maximum absolute atomic E-state index is 7.05. The van der Waals surface area contributed by atoms with Gasteiger partial charge in [-0.15, -0.1) is 0 Å². The molecular weight excluding hydrogens is 715 g/mol. The highest BCUT2D eigenvalue weighted by Crippen LogP contribution is 2.54. The Kier molecular flexibility index (Phi) is 8.20. The van der Waals surface area contributed by atoms with Crippen LogP contribution < -0.4 is 9.64 Å². The zero-order chi connectivity index (χ0) is 39.5. The number of anilines is 3. The van der Waals surface area contributed by atoms with Gasteiger partial charge in [0, 0.05) is 45.2 Å². The molecule has 0 radical (unpaired) electrons. The molecule has 2 nitrogen and oxygen atoms in total.